The lowest BCUT2D eigenvalue weighted by atomic mass is 10.2. The van der Waals surface area contributed by atoms with Gasteiger partial charge in [-0.15, -0.1) is 11.3 Å². The number of amides is 1. The molecule has 7 heteroatoms. The lowest BCUT2D eigenvalue weighted by Crippen LogP contribution is -2.19. The van der Waals surface area contributed by atoms with Gasteiger partial charge in [0.05, 0.1) is 12.1 Å². The average molecular weight is 508 g/mol. The van der Waals surface area contributed by atoms with Gasteiger partial charge in [-0.05, 0) is 72.8 Å². The third-order valence-corrected chi connectivity index (χ3v) is 6.48. The molecule has 4 aromatic carbocycles. The number of carbonyl (C=O) groups excluding carboxylic acids is 1. The Labute approximate surface area is 219 Å². The fraction of sp³-hybridized carbons (Fsp3) is 0.0667. The van der Waals surface area contributed by atoms with Crippen LogP contribution >= 0.6 is 11.3 Å². The van der Waals surface area contributed by atoms with Crippen molar-refractivity contribution < 1.29 is 14.3 Å². The lowest BCUT2D eigenvalue weighted by Gasteiger charge is -2.08. The Balaban J connectivity index is 1.19. The zero-order valence-electron chi connectivity index (χ0n) is 20.2. The van der Waals surface area contributed by atoms with E-state index in [1.165, 1.54) is 11.3 Å². The Bertz CT molecular complexity index is 1530. The van der Waals surface area contributed by atoms with Gasteiger partial charge < -0.3 is 19.4 Å². The van der Waals surface area contributed by atoms with Gasteiger partial charge in [-0.1, -0.05) is 36.4 Å². The van der Waals surface area contributed by atoms with Gasteiger partial charge in [0.1, 0.15) is 23.0 Å². The number of para-hydroxylation sites is 2. The zero-order valence-corrected chi connectivity index (χ0v) is 21.0. The molecule has 1 N–H and O–H groups in total. The molecule has 1 aromatic heterocycles. The number of benzene rings is 4. The molecule has 0 unspecified atom stereocenters. The molecule has 0 aliphatic carbocycles. The molecule has 0 atom stereocenters. The van der Waals surface area contributed by atoms with Crippen LogP contribution in [-0.2, 0) is 18.3 Å². The Morgan fingerprint density at radius 1 is 0.757 bits per heavy atom. The summed E-state index contributed by atoms with van der Waals surface area (Å²) < 4.78 is 13.6. The summed E-state index contributed by atoms with van der Waals surface area (Å²) in [6.45, 7) is 0. The first-order valence-electron chi connectivity index (χ1n) is 11.8. The van der Waals surface area contributed by atoms with Gasteiger partial charge in [0.25, 0.3) is 0 Å². The molecule has 37 heavy (non-hydrogen) atoms. The molecule has 5 aromatic rings. The highest BCUT2D eigenvalue weighted by Crippen LogP contribution is 2.24. The van der Waals surface area contributed by atoms with E-state index in [1.807, 2.05) is 126 Å². The largest absolute Gasteiger partial charge is 0.457 e. The summed E-state index contributed by atoms with van der Waals surface area (Å²) >= 11 is 1.50. The Morgan fingerprint density at radius 2 is 1.27 bits per heavy atom. The summed E-state index contributed by atoms with van der Waals surface area (Å²) in [5.74, 6) is 2.91. The quantitative estimate of drug-likeness (QED) is 0.244. The minimum absolute atomic E-state index is 0.0981. The van der Waals surface area contributed by atoms with Crippen molar-refractivity contribution in [2.24, 2.45) is 12.0 Å². The second kappa shape index (κ2) is 11.4. The first-order chi connectivity index (χ1) is 18.1. The van der Waals surface area contributed by atoms with E-state index < -0.39 is 0 Å². The molecular formula is C30H25N3O3S. The fourth-order valence-electron chi connectivity index (χ4n) is 3.59. The predicted molar refractivity (Wildman–Crippen MR) is 147 cm³/mol. The Kier molecular flexibility index (Phi) is 7.43. The monoisotopic (exact) mass is 507 g/mol. The third-order valence-electron chi connectivity index (χ3n) is 5.52. The van der Waals surface area contributed by atoms with Crippen molar-refractivity contribution in [1.29, 1.82) is 0 Å². The standard InChI is InChI=1S/C30H25N3O3S/c1-33-24(20-29(34)31-22-12-16-27(17-13-22)35-25-8-4-2-5-9-25)21-37-30(33)32-23-14-18-28(19-15-23)36-26-10-6-3-7-11-26/h2-19,21H,20H2,1H3,(H,31,34). The van der Waals surface area contributed by atoms with Gasteiger partial charge in [-0.25, -0.2) is 4.99 Å². The lowest BCUT2D eigenvalue weighted by molar-refractivity contribution is -0.115. The van der Waals surface area contributed by atoms with E-state index in [0.29, 0.717) is 11.4 Å². The highest BCUT2D eigenvalue weighted by Gasteiger charge is 2.09. The highest BCUT2D eigenvalue weighted by molar-refractivity contribution is 7.07. The number of hydrogen-bond donors (Lipinski definition) is 1. The van der Waals surface area contributed by atoms with Gasteiger partial charge in [0.2, 0.25) is 5.91 Å². The van der Waals surface area contributed by atoms with E-state index in [0.717, 1.165) is 33.4 Å². The van der Waals surface area contributed by atoms with E-state index in [2.05, 4.69) is 5.32 Å². The van der Waals surface area contributed by atoms with Crippen LogP contribution in [0.3, 0.4) is 0 Å². The van der Waals surface area contributed by atoms with Crippen molar-refractivity contribution in [3.05, 3.63) is 125 Å². The van der Waals surface area contributed by atoms with Crippen molar-refractivity contribution in [3.8, 4) is 23.0 Å². The third kappa shape index (κ3) is 6.54. The SMILES string of the molecule is Cn1c(CC(=O)Nc2ccc(Oc3ccccc3)cc2)csc1=Nc1ccc(Oc2ccccc2)cc1. The molecule has 184 valence electrons. The average Bonchev–Trinajstić information content (AvgIpc) is 3.26. The minimum atomic E-state index is -0.0981. The molecule has 5 rings (SSSR count). The van der Waals surface area contributed by atoms with Crippen LogP contribution in [-0.4, -0.2) is 10.5 Å². The molecule has 0 bridgehead atoms. The number of carbonyl (C=O) groups is 1. The number of nitrogens with one attached hydrogen (secondary N) is 1. The summed E-state index contributed by atoms with van der Waals surface area (Å²) in [6.07, 6.45) is 0.245. The number of ether oxygens (including phenoxy) is 2. The van der Waals surface area contributed by atoms with Crippen LogP contribution in [0.5, 0.6) is 23.0 Å². The topological polar surface area (TPSA) is 64.9 Å². The first kappa shape index (κ1) is 24.1. The van der Waals surface area contributed by atoms with Crippen LogP contribution < -0.4 is 19.6 Å². The van der Waals surface area contributed by atoms with Gasteiger partial charge in [0, 0.05) is 23.8 Å². The molecule has 1 heterocycles. The molecular weight excluding hydrogens is 482 g/mol. The highest BCUT2D eigenvalue weighted by atomic mass is 32.1. The second-order valence-corrected chi connectivity index (χ2v) is 9.09. The van der Waals surface area contributed by atoms with E-state index in [4.69, 9.17) is 14.5 Å². The Hall–Kier alpha value is -4.62. The van der Waals surface area contributed by atoms with E-state index in [9.17, 15) is 4.79 Å². The number of thiazole rings is 1. The number of rotatable bonds is 8. The summed E-state index contributed by atoms with van der Waals surface area (Å²) in [7, 11) is 1.92. The number of aromatic nitrogens is 1. The van der Waals surface area contributed by atoms with E-state index >= 15 is 0 Å². The Morgan fingerprint density at radius 3 is 1.84 bits per heavy atom. The molecule has 0 fully saturated rings. The van der Waals surface area contributed by atoms with Gasteiger partial charge in [0.15, 0.2) is 4.80 Å². The molecule has 0 aliphatic rings. The first-order valence-corrected chi connectivity index (χ1v) is 12.6. The maximum Gasteiger partial charge on any atom is 0.230 e. The van der Waals surface area contributed by atoms with Crippen molar-refractivity contribution in [2.45, 2.75) is 6.42 Å². The number of anilines is 1. The zero-order chi connectivity index (χ0) is 25.5. The van der Waals surface area contributed by atoms with Crippen LogP contribution in [0.25, 0.3) is 0 Å². The van der Waals surface area contributed by atoms with Crippen LogP contribution in [0.4, 0.5) is 11.4 Å². The number of nitrogens with zero attached hydrogens (tertiary/aromatic N) is 2. The molecule has 0 radical (unpaired) electrons. The van der Waals surface area contributed by atoms with Crippen molar-refractivity contribution in [1.82, 2.24) is 4.57 Å². The van der Waals surface area contributed by atoms with Crippen LogP contribution in [0, 0.1) is 0 Å². The summed E-state index contributed by atoms with van der Waals surface area (Å²) in [5.41, 5.74) is 2.41. The van der Waals surface area contributed by atoms with E-state index in [-0.39, 0.29) is 12.3 Å². The smallest absolute Gasteiger partial charge is 0.230 e. The van der Waals surface area contributed by atoms with Gasteiger partial charge >= 0.3 is 0 Å². The summed E-state index contributed by atoms with van der Waals surface area (Å²) in [5, 5.41) is 4.91. The van der Waals surface area contributed by atoms with Crippen LogP contribution in [0.2, 0.25) is 0 Å². The minimum Gasteiger partial charge on any atom is -0.457 e. The predicted octanol–water partition coefficient (Wildman–Crippen LogP) is 7.08. The van der Waals surface area contributed by atoms with Gasteiger partial charge in [-0.2, -0.15) is 0 Å². The molecule has 0 spiro atoms. The number of hydrogen-bond acceptors (Lipinski definition) is 5. The van der Waals surface area contributed by atoms with Crippen molar-refractivity contribution in [2.75, 3.05) is 5.32 Å². The molecule has 0 saturated carbocycles. The fourth-order valence-corrected chi connectivity index (χ4v) is 4.50. The van der Waals surface area contributed by atoms with Gasteiger partial charge in [-0.3, -0.25) is 4.79 Å². The maximum atomic E-state index is 12.7. The van der Waals surface area contributed by atoms with E-state index in [1.54, 1.807) is 0 Å². The second-order valence-electron chi connectivity index (χ2n) is 8.25. The van der Waals surface area contributed by atoms with Crippen LogP contribution in [0.15, 0.2) is 120 Å². The normalized spacial score (nSPS) is 11.2. The van der Waals surface area contributed by atoms with Crippen LogP contribution in [0.1, 0.15) is 5.69 Å². The molecule has 0 saturated heterocycles. The maximum absolute atomic E-state index is 12.7. The van der Waals surface area contributed by atoms with Crippen molar-refractivity contribution >= 4 is 28.6 Å². The molecule has 6 nitrogen and oxygen atoms in total. The molecule has 0 aliphatic heterocycles. The summed E-state index contributed by atoms with van der Waals surface area (Å²) in [4.78, 5) is 18.2. The summed E-state index contributed by atoms with van der Waals surface area (Å²) in [6, 6.07) is 34.2. The van der Waals surface area contributed by atoms with Crippen molar-refractivity contribution in [3.63, 3.8) is 0 Å². The molecule has 1 amide bonds.